The van der Waals surface area contributed by atoms with Crippen molar-refractivity contribution in [3.8, 4) is 0 Å². The lowest BCUT2D eigenvalue weighted by molar-refractivity contribution is 0.376. The minimum Gasteiger partial charge on any atom is -0.337 e. The number of benzene rings is 1. The van der Waals surface area contributed by atoms with E-state index in [1.165, 1.54) is 0 Å². The molecule has 4 heteroatoms. The quantitative estimate of drug-likeness (QED) is 0.780. The third kappa shape index (κ3) is 2.07. The van der Waals surface area contributed by atoms with Crippen LogP contribution in [0.3, 0.4) is 0 Å². The van der Waals surface area contributed by atoms with E-state index in [4.69, 9.17) is 16.1 Å². The number of halogens is 1. The molecule has 0 saturated heterocycles. The van der Waals surface area contributed by atoms with Gasteiger partial charge in [0.05, 0.1) is 0 Å². The van der Waals surface area contributed by atoms with Crippen LogP contribution >= 0.6 is 11.6 Å². The average Bonchev–Trinajstić information content (AvgIpc) is 2.92. The van der Waals surface area contributed by atoms with Crippen molar-refractivity contribution in [3.05, 3.63) is 47.6 Å². The van der Waals surface area contributed by atoms with E-state index in [2.05, 4.69) is 17.1 Å². The maximum atomic E-state index is 6.31. The van der Waals surface area contributed by atoms with Crippen LogP contribution in [0.4, 0.5) is 0 Å². The van der Waals surface area contributed by atoms with Crippen LogP contribution in [-0.2, 0) is 0 Å². The highest BCUT2D eigenvalue weighted by molar-refractivity contribution is 6.22. The van der Waals surface area contributed by atoms with Gasteiger partial charge in [-0.3, -0.25) is 0 Å². The van der Waals surface area contributed by atoms with Crippen LogP contribution in [0.5, 0.6) is 0 Å². The lowest BCUT2D eigenvalue weighted by atomic mass is 10.1. The summed E-state index contributed by atoms with van der Waals surface area (Å²) in [5, 5.41) is 3.65. The van der Waals surface area contributed by atoms with Gasteiger partial charge in [0.1, 0.15) is 5.38 Å². The predicted octanol–water partition coefficient (Wildman–Crippen LogP) is 3.52. The minimum absolute atomic E-state index is 0.355. The maximum Gasteiger partial charge on any atom is 0.249 e. The van der Waals surface area contributed by atoms with E-state index < -0.39 is 0 Å². The zero-order chi connectivity index (χ0) is 11.8. The van der Waals surface area contributed by atoms with E-state index >= 15 is 0 Å². The molecule has 88 valence electrons. The van der Waals surface area contributed by atoms with E-state index in [1.54, 1.807) is 0 Å². The number of alkyl halides is 1. The third-order valence-electron chi connectivity index (χ3n) is 3.21. The summed E-state index contributed by atoms with van der Waals surface area (Å²) >= 11 is 6.31. The predicted molar refractivity (Wildman–Crippen MR) is 65.0 cm³/mol. The molecule has 1 saturated carbocycles. The van der Waals surface area contributed by atoms with Crippen LogP contribution in [0.25, 0.3) is 0 Å². The Morgan fingerprint density at radius 1 is 1.35 bits per heavy atom. The van der Waals surface area contributed by atoms with E-state index in [0.29, 0.717) is 17.7 Å². The lowest BCUT2D eigenvalue weighted by Crippen LogP contribution is -1.93. The van der Waals surface area contributed by atoms with Crippen LogP contribution in [-0.4, -0.2) is 10.1 Å². The number of rotatable bonds is 3. The van der Waals surface area contributed by atoms with Gasteiger partial charge in [0.2, 0.25) is 5.89 Å². The van der Waals surface area contributed by atoms with Gasteiger partial charge in [0.25, 0.3) is 0 Å². The van der Waals surface area contributed by atoms with Crippen LogP contribution in [0.2, 0.25) is 0 Å². The molecule has 17 heavy (non-hydrogen) atoms. The van der Waals surface area contributed by atoms with Gasteiger partial charge >= 0.3 is 0 Å². The van der Waals surface area contributed by atoms with Crippen LogP contribution in [0, 0.1) is 5.92 Å². The Hall–Kier alpha value is -1.35. The monoisotopic (exact) mass is 248 g/mol. The summed E-state index contributed by atoms with van der Waals surface area (Å²) in [6.45, 7) is 2.19. The molecule has 0 aliphatic heterocycles. The Labute approximate surface area is 105 Å². The van der Waals surface area contributed by atoms with E-state index in [1.807, 2.05) is 30.3 Å². The van der Waals surface area contributed by atoms with Crippen molar-refractivity contribution in [3.63, 3.8) is 0 Å². The van der Waals surface area contributed by atoms with E-state index in [-0.39, 0.29) is 5.38 Å². The van der Waals surface area contributed by atoms with Crippen LogP contribution < -0.4 is 0 Å². The first-order valence-electron chi connectivity index (χ1n) is 5.78. The molecule has 1 aliphatic rings. The van der Waals surface area contributed by atoms with Gasteiger partial charge in [-0.25, -0.2) is 0 Å². The summed E-state index contributed by atoms with van der Waals surface area (Å²) in [6, 6.07) is 9.77. The Kier molecular flexibility index (Phi) is 2.63. The molecule has 1 aliphatic carbocycles. The fourth-order valence-corrected chi connectivity index (χ4v) is 2.18. The van der Waals surface area contributed by atoms with Crippen LogP contribution in [0.1, 0.15) is 41.9 Å². The summed E-state index contributed by atoms with van der Waals surface area (Å²) in [6.07, 6.45) is 1.15. The zero-order valence-corrected chi connectivity index (χ0v) is 10.3. The molecule has 1 aromatic carbocycles. The summed E-state index contributed by atoms with van der Waals surface area (Å²) < 4.78 is 5.24. The van der Waals surface area contributed by atoms with Crippen molar-refractivity contribution in [2.75, 3.05) is 0 Å². The molecule has 3 unspecified atom stereocenters. The summed E-state index contributed by atoms with van der Waals surface area (Å²) in [5.41, 5.74) is 0.980. The van der Waals surface area contributed by atoms with Gasteiger partial charge in [0.15, 0.2) is 5.82 Å². The van der Waals surface area contributed by atoms with E-state index in [0.717, 1.165) is 17.8 Å². The Morgan fingerprint density at radius 2 is 2.06 bits per heavy atom. The highest BCUT2D eigenvalue weighted by atomic mass is 35.5. The summed E-state index contributed by atoms with van der Waals surface area (Å²) in [7, 11) is 0. The average molecular weight is 249 g/mol. The molecule has 0 N–H and O–H groups in total. The zero-order valence-electron chi connectivity index (χ0n) is 9.51. The normalized spacial score (nSPS) is 24.6. The number of hydrogen-bond donors (Lipinski definition) is 0. The van der Waals surface area contributed by atoms with Crippen molar-refractivity contribution in [2.24, 2.45) is 5.92 Å². The van der Waals surface area contributed by atoms with E-state index in [9.17, 15) is 0 Å². The molecule has 1 fully saturated rings. The number of nitrogens with zero attached hydrogens (tertiary/aromatic N) is 2. The molecule has 3 atom stereocenters. The summed E-state index contributed by atoms with van der Waals surface area (Å²) in [5.74, 6) is 2.43. The fourth-order valence-electron chi connectivity index (χ4n) is 1.95. The molecular weight excluding hydrogens is 236 g/mol. The number of aromatic nitrogens is 2. The van der Waals surface area contributed by atoms with Crippen molar-refractivity contribution in [1.29, 1.82) is 0 Å². The number of hydrogen-bond acceptors (Lipinski definition) is 3. The fraction of sp³-hybridized carbons (Fsp3) is 0.385. The molecule has 1 aromatic heterocycles. The summed E-state index contributed by atoms with van der Waals surface area (Å²) in [4.78, 5) is 4.39. The van der Waals surface area contributed by atoms with Crippen molar-refractivity contribution in [2.45, 2.75) is 24.6 Å². The van der Waals surface area contributed by atoms with Crippen molar-refractivity contribution >= 4 is 11.6 Å². The van der Waals surface area contributed by atoms with Gasteiger partial charge in [-0.05, 0) is 17.9 Å². The molecule has 3 rings (SSSR count). The lowest BCUT2D eigenvalue weighted by Gasteiger charge is -2.03. The second-order valence-electron chi connectivity index (χ2n) is 4.58. The second-order valence-corrected chi connectivity index (χ2v) is 5.02. The highest BCUT2D eigenvalue weighted by Crippen LogP contribution is 2.45. The van der Waals surface area contributed by atoms with Gasteiger partial charge in [-0.1, -0.05) is 42.4 Å². The standard InChI is InChI=1S/C13H13ClN2O/c1-8-7-10(8)12-15-13(17-16-12)11(14)9-5-3-2-4-6-9/h2-6,8,10-11H,7H2,1H3. The third-order valence-corrected chi connectivity index (χ3v) is 3.65. The Balaban J connectivity index is 1.82. The van der Waals surface area contributed by atoms with Crippen molar-refractivity contribution in [1.82, 2.24) is 10.1 Å². The minimum atomic E-state index is -0.355. The molecule has 1 heterocycles. The molecule has 0 spiro atoms. The molecule has 0 amide bonds. The van der Waals surface area contributed by atoms with Gasteiger partial charge in [-0.15, -0.1) is 11.6 Å². The smallest absolute Gasteiger partial charge is 0.249 e. The van der Waals surface area contributed by atoms with Gasteiger partial charge < -0.3 is 4.52 Å². The van der Waals surface area contributed by atoms with Crippen LogP contribution in [0.15, 0.2) is 34.9 Å². The molecular formula is C13H13ClN2O. The highest BCUT2D eigenvalue weighted by Gasteiger charge is 2.38. The SMILES string of the molecule is CC1CC1c1noc(C(Cl)c2ccccc2)n1. The van der Waals surface area contributed by atoms with Gasteiger partial charge in [0, 0.05) is 5.92 Å². The Bertz CT molecular complexity index is 511. The topological polar surface area (TPSA) is 38.9 Å². The first-order chi connectivity index (χ1) is 8.25. The second kappa shape index (κ2) is 4.15. The molecule has 0 bridgehead atoms. The van der Waals surface area contributed by atoms with Gasteiger partial charge in [-0.2, -0.15) is 4.98 Å². The largest absolute Gasteiger partial charge is 0.337 e. The Morgan fingerprint density at radius 3 is 2.71 bits per heavy atom. The first kappa shape index (κ1) is 10.8. The molecule has 0 radical (unpaired) electrons. The first-order valence-corrected chi connectivity index (χ1v) is 6.22. The van der Waals surface area contributed by atoms with Crippen molar-refractivity contribution < 1.29 is 4.52 Å². The molecule has 2 aromatic rings. The maximum absolute atomic E-state index is 6.31. The molecule has 3 nitrogen and oxygen atoms in total.